The van der Waals surface area contributed by atoms with Crippen molar-refractivity contribution in [3.05, 3.63) is 86.1 Å². The van der Waals surface area contributed by atoms with E-state index in [-0.39, 0.29) is 23.4 Å². The van der Waals surface area contributed by atoms with Crippen molar-refractivity contribution in [2.24, 2.45) is 0 Å². The monoisotopic (exact) mass is 459 g/mol. The molecule has 3 rings (SSSR count). The topological polar surface area (TPSA) is 137 Å². The first-order valence-corrected chi connectivity index (χ1v) is 9.83. The van der Waals surface area contributed by atoms with Gasteiger partial charge < -0.3 is 20.1 Å². The van der Waals surface area contributed by atoms with E-state index >= 15 is 0 Å². The average molecular weight is 460 g/mol. The fraction of sp³-hybridized carbons (Fsp3) is 0.190. The van der Waals surface area contributed by atoms with Gasteiger partial charge in [-0.2, -0.15) is 0 Å². The maximum Gasteiger partial charge on any atom is 0.345 e. The minimum atomic E-state index is -0.983. The SMILES string of the molecule is CCOC(=O)C1=C(COC(=O)c2ccccc2[N+](=O)[O-])NC(=O)NC1c1ccc(Cl)cc1. The Morgan fingerprint density at radius 3 is 2.44 bits per heavy atom. The van der Waals surface area contributed by atoms with Crippen LogP contribution in [0.15, 0.2) is 59.8 Å². The molecule has 0 aromatic heterocycles. The van der Waals surface area contributed by atoms with E-state index in [1.54, 1.807) is 31.2 Å². The number of hydrogen-bond donors (Lipinski definition) is 2. The molecule has 1 aliphatic heterocycles. The molecule has 1 heterocycles. The minimum Gasteiger partial charge on any atom is -0.463 e. The van der Waals surface area contributed by atoms with Gasteiger partial charge in [0, 0.05) is 11.1 Å². The van der Waals surface area contributed by atoms with Crippen LogP contribution in [-0.2, 0) is 14.3 Å². The molecule has 32 heavy (non-hydrogen) atoms. The highest BCUT2D eigenvalue weighted by atomic mass is 35.5. The molecule has 166 valence electrons. The number of benzene rings is 2. The smallest absolute Gasteiger partial charge is 0.345 e. The zero-order valence-corrected chi connectivity index (χ0v) is 17.5. The van der Waals surface area contributed by atoms with Crippen LogP contribution >= 0.6 is 11.6 Å². The van der Waals surface area contributed by atoms with Gasteiger partial charge in [-0.05, 0) is 30.7 Å². The van der Waals surface area contributed by atoms with Gasteiger partial charge in [-0.25, -0.2) is 14.4 Å². The molecule has 2 aromatic rings. The van der Waals surface area contributed by atoms with Gasteiger partial charge in [0.05, 0.1) is 28.8 Å². The maximum atomic E-state index is 12.7. The number of nitro groups is 1. The fourth-order valence-corrected chi connectivity index (χ4v) is 3.23. The summed E-state index contributed by atoms with van der Waals surface area (Å²) >= 11 is 5.93. The molecule has 1 aliphatic rings. The molecule has 2 aromatic carbocycles. The second-order valence-electron chi connectivity index (χ2n) is 6.55. The van der Waals surface area contributed by atoms with Crippen molar-refractivity contribution < 1.29 is 28.8 Å². The van der Waals surface area contributed by atoms with Crippen LogP contribution in [0.5, 0.6) is 0 Å². The molecule has 11 heteroatoms. The lowest BCUT2D eigenvalue weighted by molar-refractivity contribution is -0.385. The first-order chi connectivity index (χ1) is 15.3. The van der Waals surface area contributed by atoms with Crippen molar-refractivity contribution in [1.29, 1.82) is 0 Å². The van der Waals surface area contributed by atoms with Gasteiger partial charge in [0.25, 0.3) is 5.69 Å². The predicted octanol–water partition coefficient (Wildman–Crippen LogP) is 3.28. The lowest BCUT2D eigenvalue weighted by Gasteiger charge is -2.29. The number of urea groups is 1. The number of para-hydroxylation sites is 1. The third-order valence-electron chi connectivity index (χ3n) is 4.52. The number of nitrogens with zero attached hydrogens (tertiary/aromatic N) is 1. The van der Waals surface area contributed by atoms with Gasteiger partial charge >= 0.3 is 18.0 Å². The number of halogens is 1. The Hall–Kier alpha value is -3.92. The van der Waals surface area contributed by atoms with E-state index in [4.69, 9.17) is 21.1 Å². The Kier molecular flexibility index (Phi) is 7.06. The number of carbonyl (C=O) groups excluding carboxylic acids is 3. The summed E-state index contributed by atoms with van der Waals surface area (Å²) in [7, 11) is 0. The Morgan fingerprint density at radius 2 is 1.78 bits per heavy atom. The molecule has 0 radical (unpaired) electrons. The highest BCUT2D eigenvalue weighted by Gasteiger charge is 2.34. The summed E-state index contributed by atoms with van der Waals surface area (Å²) in [5.74, 6) is -1.71. The van der Waals surface area contributed by atoms with Crippen LogP contribution in [0.25, 0.3) is 0 Å². The molecule has 0 bridgehead atoms. The van der Waals surface area contributed by atoms with Crippen LogP contribution < -0.4 is 10.6 Å². The predicted molar refractivity (Wildman–Crippen MR) is 113 cm³/mol. The van der Waals surface area contributed by atoms with Crippen molar-refractivity contribution in [1.82, 2.24) is 10.6 Å². The first kappa shape index (κ1) is 22.8. The van der Waals surface area contributed by atoms with E-state index in [9.17, 15) is 24.5 Å². The molecule has 0 aliphatic carbocycles. The number of esters is 2. The molecule has 1 atom stereocenters. The highest BCUT2D eigenvalue weighted by Crippen LogP contribution is 2.29. The summed E-state index contributed by atoms with van der Waals surface area (Å²) in [4.78, 5) is 47.9. The van der Waals surface area contributed by atoms with Gasteiger partial charge in [0.2, 0.25) is 0 Å². The molecule has 0 fully saturated rings. The second-order valence-corrected chi connectivity index (χ2v) is 6.98. The summed E-state index contributed by atoms with van der Waals surface area (Å²) < 4.78 is 10.3. The van der Waals surface area contributed by atoms with Crippen molar-refractivity contribution in [3.8, 4) is 0 Å². The normalized spacial score (nSPS) is 15.4. The number of amides is 2. The number of nitro benzene ring substituents is 1. The summed E-state index contributed by atoms with van der Waals surface area (Å²) in [5.41, 5.74) is -0.103. The molecule has 0 saturated carbocycles. The third-order valence-corrected chi connectivity index (χ3v) is 4.77. The van der Waals surface area contributed by atoms with Gasteiger partial charge in [-0.3, -0.25) is 10.1 Å². The molecule has 2 N–H and O–H groups in total. The number of rotatable bonds is 7. The zero-order chi connectivity index (χ0) is 23.3. The maximum absolute atomic E-state index is 12.7. The Labute approximate surface area is 187 Å². The lowest BCUT2D eigenvalue weighted by atomic mass is 9.95. The van der Waals surface area contributed by atoms with Crippen LogP contribution in [0.3, 0.4) is 0 Å². The van der Waals surface area contributed by atoms with E-state index in [0.717, 1.165) is 0 Å². The second kappa shape index (κ2) is 9.92. The van der Waals surface area contributed by atoms with Gasteiger partial charge in [-0.1, -0.05) is 35.9 Å². The quantitative estimate of drug-likeness (QED) is 0.368. The first-order valence-electron chi connectivity index (χ1n) is 9.45. The summed E-state index contributed by atoms with van der Waals surface area (Å²) in [6.07, 6.45) is 0. The minimum absolute atomic E-state index is 0.000848. The molecular formula is C21H18ClN3O7. The van der Waals surface area contributed by atoms with E-state index in [0.29, 0.717) is 10.6 Å². The summed E-state index contributed by atoms with van der Waals surface area (Å²) in [6, 6.07) is 10.2. The molecular weight excluding hydrogens is 442 g/mol. The van der Waals surface area contributed by atoms with Crippen molar-refractivity contribution in [2.45, 2.75) is 13.0 Å². The van der Waals surface area contributed by atoms with E-state index in [2.05, 4.69) is 10.6 Å². The van der Waals surface area contributed by atoms with Crippen LogP contribution in [0.4, 0.5) is 10.5 Å². The van der Waals surface area contributed by atoms with Crippen molar-refractivity contribution in [3.63, 3.8) is 0 Å². The van der Waals surface area contributed by atoms with E-state index in [1.165, 1.54) is 24.3 Å². The molecule has 10 nitrogen and oxygen atoms in total. The van der Waals surface area contributed by atoms with Crippen molar-refractivity contribution in [2.75, 3.05) is 13.2 Å². The number of carbonyl (C=O) groups is 3. The Balaban J connectivity index is 1.94. The Morgan fingerprint density at radius 1 is 1.09 bits per heavy atom. The standard InChI is InChI=1S/C21H18ClN3O7/c1-2-31-20(27)17-15(11-32-19(26)14-5-3-4-6-16(14)25(29)30)23-21(28)24-18(17)12-7-9-13(22)10-8-12/h3-10,18H,2,11H2,1H3,(H2,23,24,28). The zero-order valence-electron chi connectivity index (χ0n) is 16.8. The van der Waals surface area contributed by atoms with E-state index < -0.39 is 41.2 Å². The largest absolute Gasteiger partial charge is 0.463 e. The molecule has 1 unspecified atom stereocenters. The lowest BCUT2D eigenvalue weighted by Crippen LogP contribution is -2.47. The molecule has 0 saturated heterocycles. The summed E-state index contributed by atoms with van der Waals surface area (Å²) in [5, 5.41) is 16.7. The number of ether oxygens (including phenoxy) is 2. The van der Waals surface area contributed by atoms with Crippen LogP contribution in [0.2, 0.25) is 5.02 Å². The van der Waals surface area contributed by atoms with Gasteiger partial charge in [-0.15, -0.1) is 0 Å². The Bertz CT molecular complexity index is 1100. The average Bonchev–Trinajstić information content (AvgIpc) is 2.77. The fourth-order valence-electron chi connectivity index (χ4n) is 3.11. The summed E-state index contributed by atoms with van der Waals surface area (Å²) in [6.45, 7) is 1.18. The number of hydrogen-bond acceptors (Lipinski definition) is 7. The highest BCUT2D eigenvalue weighted by molar-refractivity contribution is 6.30. The molecule has 2 amide bonds. The van der Waals surface area contributed by atoms with E-state index in [1.807, 2.05) is 0 Å². The van der Waals surface area contributed by atoms with Gasteiger partial charge in [0.1, 0.15) is 12.2 Å². The van der Waals surface area contributed by atoms with Crippen LogP contribution in [-0.4, -0.2) is 36.1 Å². The van der Waals surface area contributed by atoms with Crippen LogP contribution in [0, 0.1) is 10.1 Å². The third kappa shape index (κ3) is 5.03. The van der Waals surface area contributed by atoms with Gasteiger partial charge in [0.15, 0.2) is 0 Å². The van der Waals surface area contributed by atoms with Crippen LogP contribution in [0.1, 0.15) is 28.9 Å². The van der Waals surface area contributed by atoms with Crippen molar-refractivity contribution >= 4 is 35.3 Å². The molecule has 0 spiro atoms. The number of nitrogens with one attached hydrogen (secondary N) is 2.